The SMILES string of the molecule is Cc1nccc(-c2ccc(-c3noc(CN[C@H](C)CCc4ccco4)n3)cc2)n1. The van der Waals surface area contributed by atoms with Crippen LogP contribution in [0.1, 0.15) is 30.8 Å². The third-order valence-electron chi connectivity index (χ3n) is 4.69. The van der Waals surface area contributed by atoms with E-state index in [2.05, 4.69) is 32.3 Å². The number of nitrogens with zero attached hydrogens (tertiary/aromatic N) is 4. The van der Waals surface area contributed by atoms with Crippen molar-refractivity contribution in [3.63, 3.8) is 0 Å². The molecular weight excluding hydrogens is 366 g/mol. The van der Waals surface area contributed by atoms with Gasteiger partial charge in [0.1, 0.15) is 11.6 Å². The number of aryl methyl sites for hydroxylation is 2. The molecule has 0 aliphatic carbocycles. The molecule has 0 radical (unpaired) electrons. The first-order chi connectivity index (χ1) is 14.2. The molecule has 29 heavy (non-hydrogen) atoms. The molecule has 7 nitrogen and oxygen atoms in total. The van der Waals surface area contributed by atoms with Crippen LogP contribution >= 0.6 is 0 Å². The lowest BCUT2D eigenvalue weighted by Gasteiger charge is -2.10. The Labute approximate surface area is 169 Å². The van der Waals surface area contributed by atoms with Crippen molar-refractivity contribution in [3.8, 4) is 22.6 Å². The predicted octanol–water partition coefficient (Wildman–Crippen LogP) is 4.21. The number of hydrogen-bond donors (Lipinski definition) is 1. The van der Waals surface area contributed by atoms with Crippen LogP contribution in [0.4, 0.5) is 0 Å². The summed E-state index contributed by atoms with van der Waals surface area (Å²) in [6.07, 6.45) is 5.33. The van der Waals surface area contributed by atoms with Gasteiger partial charge in [-0.15, -0.1) is 0 Å². The van der Waals surface area contributed by atoms with Crippen LogP contribution in [-0.2, 0) is 13.0 Å². The number of hydrogen-bond acceptors (Lipinski definition) is 7. The monoisotopic (exact) mass is 389 g/mol. The van der Waals surface area contributed by atoms with E-state index >= 15 is 0 Å². The van der Waals surface area contributed by atoms with E-state index in [-0.39, 0.29) is 0 Å². The van der Waals surface area contributed by atoms with Gasteiger partial charge in [-0.05, 0) is 38.5 Å². The minimum atomic E-state index is 0.311. The Hall–Kier alpha value is -3.32. The Balaban J connectivity index is 1.33. The van der Waals surface area contributed by atoms with Crippen molar-refractivity contribution in [2.45, 2.75) is 39.3 Å². The third kappa shape index (κ3) is 4.94. The fraction of sp³-hybridized carbons (Fsp3) is 0.273. The second-order valence-electron chi connectivity index (χ2n) is 6.98. The Kier molecular flexibility index (Phi) is 5.76. The van der Waals surface area contributed by atoms with Crippen molar-refractivity contribution in [1.82, 2.24) is 25.4 Å². The van der Waals surface area contributed by atoms with Crippen molar-refractivity contribution < 1.29 is 8.94 Å². The van der Waals surface area contributed by atoms with E-state index in [0.717, 1.165) is 41.2 Å². The maximum Gasteiger partial charge on any atom is 0.240 e. The van der Waals surface area contributed by atoms with Crippen molar-refractivity contribution in [3.05, 3.63) is 72.4 Å². The average molecular weight is 389 g/mol. The topological polar surface area (TPSA) is 89.9 Å². The molecule has 0 saturated carbocycles. The highest BCUT2D eigenvalue weighted by atomic mass is 16.5. The van der Waals surface area contributed by atoms with Crippen LogP contribution in [0.15, 0.2) is 63.9 Å². The van der Waals surface area contributed by atoms with Crippen molar-refractivity contribution >= 4 is 0 Å². The molecule has 7 heteroatoms. The van der Waals surface area contributed by atoms with Crippen LogP contribution in [0.5, 0.6) is 0 Å². The molecule has 0 aliphatic rings. The summed E-state index contributed by atoms with van der Waals surface area (Å²) in [6, 6.07) is 14.1. The third-order valence-corrected chi connectivity index (χ3v) is 4.69. The highest BCUT2D eigenvalue weighted by molar-refractivity contribution is 5.64. The van der Waals surface area contributed by atoms with Crippen molar-refractivity contribution in [1.29, 1.82) is 0 Å². The Morgan fingerprint density at radius 1 is 1.03 bits per heavy atom. The van der Waals surface area contributed by atoms with Gasteiger partial charge in [0.15, 0.2) is 0 Å². The van der Waals surface area contributed by atoms with Crippen molar-refractivity contribution in [2.24, 2.45) is 0 Å². The van der Waals surface area contributed by atoms with Gasteiger partial charge < -0.3 is 14.3 Å². The van der Waals surface area contributed by atoms with E-state index in [1.54, 1.807) is 12.5 Å². The summed E-state index contributed by atoms with van der Waals surface area (Å²) in [6.45, 7) is 4.54. The van der Waals surface area contributed by atoms with Gasteiger partial charge in [-0.1, -0.05) is 29.4 Å². The Morgan fingerprint density at radius 3 is 2.62 bits per heavy atom. The first-order valence-corrected chi connectivity index (χ1v) is 9.66. The summed E-state index contributed by atoms with van der Waals surface area (Å²) in [4.78, 5) is 13.1. The van der Waals surface area contributed by atoms with Crippen LogP contribution in [-0.4, -0.2) is 26.2 Å². The quantitative estimate of drug-likeness (QED) is 0.483. The van der Waals surface area contributed by atoms with Gasteiger partial charge in [0.25, 0.3) is 0 Å². The van der Waals surface area contributed by atoms with Crippen LogP contribution in [0, 0.1) is 6.92 Å². The van der Waals surface area contributed by atoms with Crippen LogP contribution in [0.2, 0.25) is 0 Å². The summed E-state index contributed by atoms with van der Waals surface area (Å²) in [5, 5.41) is 7.51. The molecule has 0 saturated heterocycles. The zero-order valence-electron chi connectivity index (χ0n) is 16.5. The van der Waals surface area contributed by atoms with Gasteiger partial charge in [-0.25, -0.2) is 9.97 Å². The second kappa shape index (κ2) is 8.79. The summed E-state index contributed by atoms with van der Waals surface area (Å²) in [7, 11) is 0. The molecule has 3 heterocycles. The van der Waals surface area contributed by atoms with Gasteiger partial charge >= 0.3 is 0 Å². The highest BCUT2D eigenvalue weighted by Crippen LogP contribution is 2.22. The molecule has 3 aromatic heterocycles. The zero-order valence-corrected chi connectivity index (χ0v) is 16.5. The number of aromatic nitrogens is 4. The second-order valence-corrected chi connectivity index (χ2v) is 6.98. The molecule has 1 atom stereocenters. The molecule has 0 spiro atoms. The van der Waals surface area contributed by atoms with E-state index in [0.29, 0.717) is 24.3 Å². The summed E-state index contributed by atoms with van der Waals surface area (Å²) >= 11 is 0. The number of rotatable bonds is 8. The lowest BCUT2D eigenvalue weighted by molar-refractivity contribution is 0.355. The molecule has 4 rings (SSSR count). The predicted molar refractivity (Wildman–Crippen MR) is 109 cm³/mol. The first kappa shape index (κ1) is 19.0. The highest BCUT2D eigenvalue weighted by Gasteiger charge is 2.11. The van der Waals surface area contributed by atoms with Gasteiger partial charge in [-0.3, -0.25) is 0 Å². The van der Waals surface area contributed by atoms with E-state index in [9.17, 15) is 0 Å². The molecule has 0 aliphatic heterocycles. The standard InChI is InChI=1S/C22H23N5O2/c1-15(5-10-19-4-3-13-28-19)24-14-21-26-22(27-29-21)18-8-6-17(7-9-18)20-11-12-23-16(2)25-20/h3-4,6-9,11-13,15,24H,5,10,14H2,1-2H3/t15-/m1/s1. The smallest absolute Gasteiger partial charge is 0.240 e. The molecule has 4 aromatic rings. The lowest BCUT2D eigenvalue weighted by Crippen LogP contribution is -2.26. The normalized spacial score (nSPS) is 12.2. The van der Waals surface area contributed by atoms with E-state index in [4.69, 9.17) is 8.94 Å². The largest absolute Gasteiger partial charge is 0.469 e. The van der Waals surface area contributed by atoms with Gasteiger partial charge in [0, 0.05) is 29.8 Å². The van der Waals surface area contributed by atoms with E-state index in [1.807, 2.05) is 49.4 Å². The molecule has 1 N–H and O–H groups in total. The zero-order chi connectivity index (χ0) is 20.1. The lowest BCUT2D eigenvalue weighted by atomic mass is 10.1. The Morgan fingerprint density at radius 2 is 1.86 bits per heavy atom. The van der Waals surface area contributed by atoms with Crippen molar-refractivity contribution in [2.75, 3.05) is 0 Å². The van der Waals surface area contributed by atoms with Crippen LogP contribution in [0.3, 0.4) is 0 Å². The molecule has 0 amide bonds. The number of nitrogens with one attached hydrogen (secondary N) is 1. The molecule has 1 aromatic carbocycles. The number of furan rings is 1. The minimum absolute atomic E-state index is 0.311. The van der Waals surface area contributed by atoms with E-state index < -0.39 is 0 Å². The van der Waals surface area contributed by atoms with Gasteiger partial charge in [-0.2, -0.15) is 4.98 Å². The fourth-order valence-electron chi connectivity index (χ4n) is 3.03. The summed E-state index contributed by atoms with van der Waals surface area (Å²) < 4.78 is 10.8. The summed E-state index contributed by atoms with van der Waals surface area (Å²) in [5.41, 5.74) is 2.82. The van der Waals surface area contributed by atoms with Gasteiger partial charge in [0.2, 0.25) is 11.7 Å². The minimum Gasteiger partial charge on any atom is -0.469 e. The van der Waals surface area contributed by atoms with Crippen LogP contribution in [0.25, 0.3) is 22.6 Å². The number of benzene rings is 1. The first-order valence-electron chi connectivity index (χ1n) is 9.66. The Bertz CT molecular complexity index is 1040. The average Bonchev–Trinajstić information content (AvgIpc) is 3.43. The molecule has 0 unspecified atom stereocenters. The van der Waals surface area contributed by atoms with E-state index in [1.165, 1.54) is 0 Å². The van der Waals surface area contributed by atoms with Crippen LogP contribution < -0.4 is 5.32 Å². The summed E-state index contributed by atoms with van der Waals surface area (Å²) in [5.74, 6) is 2.90. The van der Waals surface area contributed by atoms with Gasteiger partial charge in [0.05, 0.1) is 18.5 Å². The molecule has 148 valence electrons. The molecule has 0 fully saturated rings. The fourth-order valence-corrected chi connectivity index (χ4v) is 3.03. The molecule has 0 bridgehead atoms. The maximum atomic E-state index is 5.39. The maximum absolute atomic E-state index is 5.39. The molecular formula is C22H23N5O2.